The molecule has 0 saturated carbocycles. The first-order chi connectivity index (χ1) is 7.04. The molecular weight excluding hydrogens is 192 g/mol. The Morgan fingerprint density at radius 3 is 2.73 bits per heavy atom. The van der Waals surface area contributed by atoms with Crippen molar-refractivity contribution in [3.05, 3.63) is 17.7 Å². The van der Waals surface area contributed by atoms with E-state index in [0.717, 1.165) is 0 Å². The highest BCUT2D eigenvalue weighted by Crippen LogP contribution is 2.30. The number of hydrogen-bond acceptors (Lipinski definition) is 4. The summed E-state index contributed by atoms with van der Waals surface area (Å²) in [6.45, 7) is 0. The van der Waals surface area contributed by atoms with Crippen LogP contribution in [0.2, 0.25) is 0 Å². The predicted molar refractivity (Wildman–Crippen MR) is 59.1 cm³/mol. The van der Waals surface area contributed by atoms with Crippen molar-refractivity contribution in [1.82, 2.24) is 4.90 Å². The highest BCUT2D eigenvalue weighted by atomic mass is 16.3. The SMILES string of the molecule is CN(C)/C=N/c1cc(N)cc(O)c1C#N. The van der Waals surface area contributed by atoms with E-state index in [1.54, 1.807) is 4.90 Å². The van der Waals surface area contributed by atoms with Crippen LogP contribution < -0.4 is 5.73 Å². The van der Waals surface area contributed by atoms with Crippen LogP contribution in [0.4, 0.5) is 11.4 Å². The number of aromatic hydroxyl groups is 1. The lowest BCUT2D eigenvalue weighted by atomic mass is 10.1. The molecule has 0 aliphatic heterocycles. The zero-order valence-electron chi connectivity index (χ0n) is 8.60. The molecule has 1 aromatic carbocycles. The number of benzene rings is 1. The smallest absolute Gasteiger partial charge is 0.137 e. The van der Waals surface area contributed by atoms with Crippen LogP contribution in [0.1, 0.15) is 5.56 Å². The molecule has 1 aromatic rings. The van der Waals surface area contributed by atoms with Gasteiger partial charge in [0, 0.05) is 25.8 Å². The standard InChI is InChI=1S/C10H12N4O/c1-14(2)6-13-9-3-7(12)4-10(15)8(9)5-11/h3-4,6,15H,12H2,1-2H3/b13-6+. The van der Waals surface area contributed by atoms with Crippen molar-refractivity contribution in [2.45, 2.75) is 0 Å². The number of nitrogen functional groups attached to an aromatic ring is 1. The van der Waals surface area contributed by atoms with Crippen molar-refractivity contribution in [1.29, 1.82) is 5.26 Å². The number of phenolic OH excluding ortho intramolecular Hbond substituents is 1. The van der Waals surface area contributed by atoms with E-state index in [-0.39, 0.29) is 11.3 Å². The Kier molecular flexibility index (Phi) is 3.13. The minimum Gasteiger partial charge on any atom is -0.506 e. The van der Waals surface area contributed by atoms with Gasteiger partial charge < -0.3 is 15.7 Å². The van der Waals surface area contributed by atoms with Gasteiger partial charge in [-0.25, -0.2) is 4.99 Å². The minimum absolute atomic E-state index is 0.127. The second kappa shape index (κ2) is 4.33. The van der Waals surface area contributed by atoms with Gasteiger partial charge in [-0.15, -0.1) is 0 Å². The van der Waals surface area contributed by atoms with Crippen molar-refractivity contribution < 1.29 is 5.11 Å². The summed E-state index contributed by atoms with van der Waals surface area (Å²) in [7, 11) is 3.61. The number of nitrogens with two attached hydrogens (primary N) is 1. The average Bonchev–Trinajstić information content (AvgIpc) is 2.13. The van der Waals surface area contributed by atoms with Gasteiger partial charge >= 0.3 is 0 Å². The highest BCUT2D eigenvalue weighted by molar-refractivity contribution is 5.71. The number of rotatable bonds is 2. The van der Waals surface area contributed by atoms with Crippen LogP contribution in [0.25, 0.3) is 0 Å². The van der Waals surface area contributed by atoms with Gasteiger partial charge in [-0.3, -0.25) is 0 Å². The van der Waals surface area contributed by atoms with Crippen LogP contribution in [0.5, 0.6) is 5.75 Å². The third kappa shape index (κ3) is 2.61. The van der Waals surface area contributed by atoms with E-state index in [1.807, 2.05) is 20.2 Å². The van der Waals surface area contributed by atoms with Crippen molar-refractivity contribution >= 4 is 17.7 Å². The van der Waals surface area contributed by atoms with Gasteiger partial charge in [0.1, 0.15) is 17.4 Å². The van der Waals surface area contributed by atoms with Crippen LogP contribution in [0.3, 0.4) is 0 Å². The molecule has 5 heteroatoms. The third-order valence-corrected chi connectivity index (χ3v) is 1.66. The van der Waals surface area contributed by atoms with E-state index in [0.29, 0.717) is 11.4 Å². The Balaban J connectivity index is 3.22. The molecular formula is C10H12N4O. The molecule has 0 radical (unpaired) electrons. The first-order valence-corrected chi connectivity index (χ1v) is 4.28. The number of phenols is 1. The Bertz CT molecular complexity index is 432. The summed E-state index contributed by atoms with van der Waals surface area (Å²) < 4.78 is 0. The fraction of sp³-hybridized carbons (Fsp3) is 0.200. The van der Waals surface area contributed by atoms with Crippen LogP contribution in [0.15, 0.2) is 17.1 Å². The summed E-state index contributed by atoms with van der Waals surface area (Å²) in [5.74, 6) is -0.150. The van der Waals surface area contributed by atoms with Gasteiger partial charge in [0.25, 0.3) is 0 Å². The number of aliphatic imine (C=N–C) groups is 1. The molecule has 0 spiro atoms. The van der Waals surface area contributed by atoms with Gasteiger partial charge in [0.15, 0.2) is 0 Å². The quantitative estimate of drug-likeness (QED) is 0.428. The molecule has 0 bridgehead atoms. The lowest BCUT2D eigenvalue weighted by Crippen LogP contribution is -2.07. The van der Waals surface area contributed by atoms with Gasteiger partial charge in [0.05, 0.1) is 12.0 Å². The Morgan fingerprint density at radius 2 is 2.20 bits per heavy atom. The zero-order valence-corrected chi connectivity index (χ0v) is 8.60. The lowest BCUT2D eigenvalue weighted by Gasteiger charge is -2.05. The monoisotopic (exact) mass is 204 g/mol. The first kappa shape index (κ1) is 10.9. The summed E-state index contributed by atoms with van der Waals surface area (Å²) in [6.07, 6.45) is 1.54. The maximum absolute atomic E-state index is 9.45. The molecule has 0 amide bonds. The number of hydrogen-bond donors (Lipinski definition) is 2. The van der Waals surface area contributed by atoms with E-state index in [1.165, 1.54) is 18.5 Å². The number of nitriles is 1. The molecule has 1 rings (SSSR count). The van der Waals surface area contributed by atoms with Crippen LogP contribution in [-0.2, 0) is 0 Å². The average molecular weight is 204 g/mol. The van der Waals surface area contributed by atoms with Gasteiger partial charge in [0.2, 0.25) is 0 Å². The third-order valence-electron chi connectivity index (χ3n) is 1.66. The summed E-state index contributed by atoms with van der Waals surface area (Å²) in [5, 5.41) is 18.3. The lowest BCUT2D eigenvalue weighted by molar-refractivity contribution is 0.474. The van der Waals surface area contributed by atoms with Crippen LogP contribution in [0, 0.1) is 11.3 Å². The second-order valence-corrected chi connectivity index (χ2v) is 3.25. The van der Waals surface area contributed by atoms with Crippen LogP contribution in [-0.4, -0.2) is 30.4 Å². The number of anilines is 1. The molecule has 0 aromatic heterocycles. The Morgan fingerprint density at radius 1 is 1.53 bits per heavy atom. The number of nitrogens with zero attached hydrogens (tertiary/aromatic N) is 3. The molecule has 0 unspecified atom stereocenters. The van der Waals surface area contributed by atoms with E-state index >= 15 is 0 Å². The van der Waals surface area contributed by atoms with Crippen molar-refractivity contribution in [2.75, 3.05) is 19.8 Å². The van der Waals surface area contributed by atoms with Crippen molar-refractivity contribution in [3.8, 4) is 11.8 Å². The molecule has 0 saturated heterocycles. The summed E-state index contributed by atoms with van der Waals surface area (Å²) >= 11 is 0. The molecule has 3 N–H and O–H groups in total. The molecule has 15 heavy (non-hydrogen) atoms. The fourth-order valence-corrected chi connectivity index (χ4v) is 1.03. The summed E-state index contributed by atoms with van der Waals surface area (Å²) in [5.41, 5.74) is 6.40. The molecule has 0 aliphatic rings. The predicted octanol–water partition coefficient (Wildman–Crippen LogP) is 1.07. The molecule has 5 nitrogen and oxygen atoms in total. The Hall–Kier alpha value is -2.22. The molecule has 0 fully saturated rings. The van der Waals surface area contributed by atoms with Gasteiger partial charge in [-0.05, 0) is 6.07 Å². The molecule has 0 aliphatic carbocycles. The maximum atomic E-state index is 9.45. The molecule has 0 heterocycles. The van der Waals surface area contributed by atoms with E-state index in [4.69, 9.17) is 11.0 Å². The molecule has 0 atom stereocenters. The largest absolute Gasteiger partial charge is 0.506 e. The topological polar surface area (TPSA) is 85.6 Å². The first-order valence-electron chi connectivity index (χ1n) is 4.28. The zero-order chi connectivity index (χ0) is 11.4. The van der Waals surface area contributed by atoms with Gasteiger partial charge in [-0.2, -0.15) is 5.26 Å². The molecule has 78 valence electrons. The van der Waals surface area contributed by atoms with E-state index in [9.17, 15) is 5.11 Å². The summed E-state index contributed by atoms with van der Waals surface area (Å²) in [6, 6.07) is 4.74. The normalized spacial score (nSPS) is 10.2. The van der Waals surface area contributed by atoms with E-state index in [2.05, 4.69) is 4.99 Å². The summed E-state index contributed by atoms with van der Waals surface area (Å²) in [4.78, 5) is 5.76. The van der Waals surface area contributed by atoms with Crippen molar-refractivity contribution in [2.24, 2.45) is 4.99 Å². The minimum atomic E-state index is -0.150. The van der Waals surface area contributed by atoms with Crippen LogP contribution >= 0.6 is 0 Å². The maximum Gasteiger partial charge on any atom is 0.137 e. The van der Waals surface area contributed by atoms with Crippen molar-refractivity contribution in [3.63, 3.8) is 0 Å². The fourth-order valence-electron chi connectivity index (χ4n) is 1.03. The second-order valence-electron chi connectivity index (χ2n) is 3.25. The van der Waals surface area contributed by atoms with Gasteiger partial charge in [-0.1, -0.05) is 0 Å². The Labute approximate surface area is 88.1 Å². The highest BCUT2D eigenvalue weighted by Gasteiger charge is 2.07. The van der Waals surface area contributed by atoms with E-state index < -0.39 is 0 Å².